The van der Waals surface area contributed by atoms with Crippen molar-refractivity contribution < 1.29 is 9.47 Å². The third kappa shape index (κ3) is 3.85. The SMILES string of the molecule is Cn1ccnc1COc1ccc2c(c1)CCOC21CCN(Cc2ccccn2)CC1. The molecule has 30 heavy (non-hydrogen) atoms. The van der Waals surface area contributed by atoms with Gasteiger partial charge in [-0.2, -0.15) is 0 Å². The Morgan fingerprint density at radius 1 is 1.10 bits per heavy atom. The average Bonchev–Trinajstić information content (AvgIpc) is 3.19. The van der Waals surface area contributed by atoms with Gasteiger partial charge in [0.05, 0.1) is 17.9 Å². The molecule has 0 unspecified atom stereocenters. The average molecular weight is 405 g/mol. The monoisotopic (exact) mass is 404 g/mol. The molecule has 0 saturated carbocycles. The van der Waals surface area contributed by atoms with Gasteiger partial charge in [0.15, 0.2) is 0 Å². The molecule has 4 heterocycles. The van der Waals surface area contributed by atoms with Crippen molar-refractivity contribution in [1.29, 1.82) is 0 Å². The van der Waals surface area contributed by atoms with Crippen LogP contribution in [0.1, 0.15) is 35.5 Å². The number of hydrogen-bond donors (Lipinski definition) is 0. The van der Waals surface area contributed by atoms with Gasteiger partial charge in [0.1, 0.15) is 18.2 Å². The fraction of sp³-hybridized carbons (Fsp3) is 0.417. The predicted octanol–water partition coefficient (Wildman–Crippen LogP) is 3.46. The molecule has 0 radical (unpaired) electrons. The Hall–Kier alpha value is -2.70. The Labute approximate surface area is 177 Å². The van der Waals surface area contributed by atoms with Crippen LogP contribution in [0.3, 0.4) is 0 Å². The summed E-state index contributed by atoms with van der Waals surface area (Å²) < 4.78 is 14.4. The van der Waals surface area contributed by atoms with Crippen molar-refractivity contribution in [1.82, 2.24) is 19.4 Å². The lowest BCUT2D eigenvalue weighted by Gasteiger charge is -2.45. The van der Waals surface area contributed by atoms with E-state index in [9.17, 15) is 0 Å². The first kappa shape index (κ1) is 19.3. The minimum Gasteiger partial charge on any atom is -0.486 e. The van der Waals surface area contributed by atoms with Crippen LogP contribution >= 0.6 is 0 Å². The highest BCUT2D eigenvalue weighted by atomic mass is 16.5. The van der Waals surface area contributed by atoms with E-state index in [1.807, 2.05) is 30.1 Å². The van der Waals surface area contributed by atoms with Crippen molar-refractivity contribution >= 4 is 0 Å². The van der Waals surface area contributed by atoms with E-state index >= 15 is 0 Å². The molecule has 1 aromatic carbocycles. The Morgan fingerprint density at radius 3 is 2.77 bits per heavy atom. The predicted molar refractivity (Wildman–Crippen MR) is 114 cm³/mol. The summed E-state index contributed by atoms with van der Waals surface area (Å²) in [5.74, 6) is 1.83. The second-order valence-corrected chi connectivity index (χ2v) is 8.25. The maximum Gasteiger partial charge on any atom is 0.146 e. The molecule has 156 valence electrons. The normalized spacial score (nSPS) is 18.3. The summed E-state index contributed by atoms with van der Waals surface area (Å²) in [6.45, 7) is 4.20. The van der Waals surface area contributed by atoms with E-state index in [1.165, 1.54) is 11.1 Å². The second kappa shape index (κ2) is 8.20. The third-order valence-electron chi connectivity index (χ3n) is 6.38. The van der Waals surface area contributed by atoms with Crippen molar-refractivity contribution in [3.63, 3.8) is 0 Å². The van der Waals surface area contributed by atoms with Gasteiger partial charge in [-0.3, -0.25) is 9.88 Å². The smallest absolute Gasteiger partial charge is 0.146 e. The number of hydrogen-bond acceptors (Lipinski definition) is 5. The van der Waals surface area contributed by atoms with Crippen LogP contribution in [0, 0.1) is 0 Å². The number of likely N-dealkylation sites (tertiary alicyclic amines) is 1. The van der Waals surface area contributed by atoms with E-state index < -0.39 is 0 Å². The van der Waals surface area contributed by atoms with Crippen LogP contribution in [-0.4, -0.2) is 39.1 Å². The summed E-state index contributed by atoms with van der Waals surface area (Å²) in [6.07, 6.45) is 8.57. The summed E-state index contributed by atoms with van der Waals surface area (Å²) in [5, 5.41) is 0. The van der Waals surface area contributed by atoms with Gasteiger partial charge >= 0.3 is 0 Å². The molecule has 0 N–H and O–H groups in total. The molecular formula is C24H28N4O2. The van der Waals surface area contributed by atoms with Crippen LogP contribution in [0.2, 0.25) is 0 Å². The van der Waals surface area contributed by atoms with Gasteiger partial charge in [-0.05, 0) is 54.7 Å². The van der Waals surface area contributed by atoms with Gasteiger partial charge in [0.25, 0.3) is 0 Å². The number of nitrogens with zero attached hydrogens (tertiary/aromatic N) is 4. The van der Waals surface area contributed by atoms with E-state index in [0.717, 1.165) is 62.8 Å². The van der Waals surface area contributed by atoms with Crippen LogP contribution in [0.15, 0.2) is 55.0 Å². The minimum atomic E-state index is -0.160. The highest BCUT2D eigenvalue weighted by Crippen LogP contribution is 2.42. The molecule has 0 aliphatic carbocycles. The van der Waals surface area contributed by atoms with Gasteiger partial charge in [-0.15, -0.1) is 0 Å². The first-order valence-corrected chi connectivity index (χ1v) is 10.7. The number of imidazole rings is 1. The van der Waals surface area contributed by atoms with E-state index in [-0.39, 0.29) is 5.60 Å². The zero-order valence-electron chi connectivity index (χ0n) is 17.5. The van der Waals surface area contributed by atoms with Gasteiger partial charge in [-0.25, -0.2) is 4.98 Å². The van der Waals surface area contributed by atoms with Crippen LogP contribution in [0.25, 0.3) is 0 Å². The molecule has 1 saturated heterocycles. The topological polar surface area (TPSA) is 52.4 Å². The maximum atomic E-state index is 6.41. The van der Waals surface area contributed by atoms with Gasteiger partial charge in [-0.1, -0.05) is 12.1 Å². The van der Waals surface area contributed by atoms with Gasteiger partial charge in [0, 0.05) is 45.3 Å². The molecular weight excluding hydrogens is 376 g/mol. The molecule has 5 rings (SSSR count). The number of aromatic nitrogens is 3. The number of piperidine rings is 1. The molecule has 6 nitrogen and oxygen atoms in total. The van der Waals surface area contributed by atoms with Crippen molar-refractivity contribution in [2.24, 2.45) is 7.05 Å². The summed E-state index contributed by atoms with van der Waals surface area (Å²) in [5.41, 5.74) is 3.67. The van der Waals surface area contributed by atoms with Crippen molar-refractivity contribution in [2.75, 3.05) is 19.7 Å². The first-order chi connectivity index (χ1) is 14.7. The molecule has 0 atom stereocenters. The maximum absolute atomic E-state index is 6.41. The molecule has 0 bridgehead atoms. The van der Waals surface area contributed by atoms with E-state index in [0.29, 0.717) is 6.61 Å². The van der Waals surface area contributed by atoms with Crippen LogP contribution in [0.4, 0.5) is 0 Å². The fourth-order valence-corrected chi connectivity index (χ4v) is 4.64. The van der Waals surface area contributed by atoms with Crippen LogP contribution < -0.4 is 4.74 Å². The number of pyridine rings is 1. The Kier molecular flexibility index (Phi) is 5.27. The zero-order chi connectivity index (χ0) is 20.4. The summed E-state index contributed by atoms with van der Waals surface area (Å²) in [4.78, 5) is 11.3. The van der Waals surface area contributed by atoms with Crippen molar-refractivity contribution in [2.45, 2.75) is 38.0 Å². The fourth-order valence-electron chi connectivity index (χ4n) is 4.64. The molecule has 3 aromatic rings. The third-order valence-corrected chi connectivity index (χ3v) is 6.38. The molecule has 6 heteroatoms. The van der Waals surface area contributed by atoms with Gasteiger partial charge < -0.3 is 14.0 Å². The Bertz CT molecular complexity index is 993. The highest BCUT2D eigenvalue weighted by molar-refractivity contribution is 5.41. The zero-order valence-corrected chi connectivity index (χ0v) is 17.5. The lowest BCUT2D eigenvalue weighted by atomic mass is 9.79. The largest absolute Gasteiger partial charge is 0.486 e. The molecule has 2 aliphatic heterocycles. The highest BCUT2D eigenvalue weighted by Gasteiger charge is 2.40. The minimum absolute atomic E-state index is 0.160. The van der Waals surface area contributed by atoms with E-state index in [4.69, 9.17) is 9.47 Å². The Morgan fingerprint density at radius 2 is 2.00 bits per heavy atom. The molecule has 0 amide bonds. The van der Waals surface area contributed by atoms with Crippen LogP contribution in [0.5, 0.6) is 5.75 Å². The van der Waals surface area contributed by atoms with Crippen LogP contribution in [-0.2, 0) is 37.0 Å². The lowest BCUT2D eigenvalue weighted by molar-refractivity contribution is -0.0990. The molecule has 2 aliphatic rings. The molecule has 1 spiro atoms. The number of rotatable bonds is 5. The molecule has 1 fully saturated rings. The number of aryl methyl sites for hydroxylation is 1. The van der Waals surface area contributed by atoms with Gasteiger partial charge in [0.2, 0.25) is 0 Å². The Balaban J connectivity index is 1.27. The summed E-state index contributed by atoms with van der Waals surface area (Å²) in [6, 6.07) is 12.6. The number of benzene rings is 1. The molecule has 2 aromatic heterocycles. The van der Waals surface area contributed by atoms with Crippen molar-refractivity contribution in [3.05, 3.63) is 77.6 Å². The first-order valence-electron chi connectivity index (χ1n) is 10.7. The number of fused-ring (bicyclic) bond motifs is 2. The summed E-state index contributed by atoms with van der Waals surface area (Å²) >= 11 is 0. The standard InChI is InChI=1S/C24H28N4O2/c1-27-14-11-26-23(27)18-29-21-5-6-22-19(16-21)7-15-30-24(22)8-12-28(13-9-24)17-20-4-2-3-10-25-20/h2-6,10-11,14,16H,7-9,12-13,15,17-18H2,1H3. The quantitative estimate of drug-likeness (QED) is 0.652. The van der Waals surface area contributed by atoms with E-state index in [1.54, 1.807) is 6.20 Å². The van der Waals surface area contributed by atoms with E-state index in [2.05, 4.69) is 45.2 Å². The lowest BCUT2D eigenvalue weighted by Crippen LogP contribution is -2.46. The second-order valence-electron chi connectivity index (χ2n) is 8.25. The van der Waals surface area contributed by atoms with Crippen molar-refractivity contribution in [3.8, 4) is 5.75 Å². The summed E-state index contributed by atoms with van der Waals surface area (Å²) in [7, 11) is 1.99. The number of ether oxygens (including phenoxy) is 2.